The number of hydrogen-bond acceptors (Lipinski definition) is 7. The Hall–Kier alpha value is -2.52. The fraction of sp³-hybridized carbons (Fsp3) is 0.222. The number of benzene rings is 2. The lowest BCUT2D eigenvalue weighted by molar-refractivity contribution is 0.297. The van der Waals surface area contributed by atoms with Crippen molar-refractivity contribution in [2.45, 2.75) is 23.6 Å². The average Bonchev–Trinajstić information content (AvgIpc) is 3.11. The van der Waals surface area contributed by atoms with Crippen molar-refractivity contribution in [3.8, 4) is 11.5 Å². The summed E-state index contributed by atoms with van der Waals surface area (Å²) in [7, 11) is -2.39. The molecular weight excluding hydrogens is 391 g/mol. The molecule has 3 aromatic rings. The number of aryl methyl sites for hydroxylation is 1. The number of nitrogens with zero attached hydrogens (tertiary/aromatic N) is 2. The third-order valence-electron chi connectivity index (χ3n) is 3.68. The fourth-order valence-corrected chi connectivity index (χ4v) is 4.44. The second-order valence-corrected chi connectivity index (χ2v) is 8.72. The third-order valence-corrected chi connectivity index (χ3v) is 6.55. The van der Waals surface area contributed by atoms with Crippen molar-refractivity contribution in [2.75, 3.05) is 7.11 Å². The molecule has 0 bridgehead atoms. The highest BCUT2D eigenvalue weighted by Gasteiger charge is 2.22. The maximum Gasteiger partial charge on any atom is 0.229 e. The van der Waals surface area contributed by atoms with E-state index in [9.17, 15) is 12.8 Å². The molecule has 0 aliphatic rings. The lowest BCUT2D eigenvalue weighted by Gasteiger charge is -2.05. The van der Waals surface area contributed by atoms with Gasteiger partial charge in [0.1, 0.15) is 12.4 Å². The van der Waals surface area contributed by atoms with Gasteiger partial charge in [0.15, 0.2) is 17.4 Å². The number of halogens is 1. The summed E-state index contributed by atoms with van der Waals surface area (Å²) in [6, 6.07) is 11.5. The van der Waals surface area contributed by atoms with E-state index < -0.39 is 15.7 Å². The van der Waals surface area contributed by atoms with Gasteiger partial charge in [0.2, 0.25) is 14.2 Å². The summed E-state index contributed by atoms with van der Waals surface area (Å²) >= 11 is 0.778. The smallest absolute Gasteiger partial charge is 0.229 e. The lowest BCUT2D eigenvalue weighted by Crippen LogP contribution is -2.06. The van der Waals surface area contributed by atoms with E-state index >= 15 is 0 Å². The molecule has 0 atom stereocenters. The van der Waals surface area contributed by atoms with Crippen LogP contribution in [0.5, 0.6) is 11.5 Å². The first-order chi connectivity index (χ1) is 12.9. The maximum atomic E-state index is 13.8. The highest BCUT2D eigenvalue weighted by molar-refractivity contribution is 7.92. The molecule has 0 spiro atoms. The van der Waals surface area contributed by atoms with Crippen LogP contribution in [0.2, 0.25) is 0 Å². The van der Waals surface area contributed by atoms with E-state index in [-0.39, 0.29) is 28.3 Å². The van der Waals surface area contributed by atoms with Gasteiger partial charge in [-0.15, -0.1) is 0 Å². The summed E-state index contributed by atoms with van der Waals surface area (Å²) in [6.45, 7) is 2.03. The second kappa shape index (κ2) is 8.01. The van der Waals surface area contributed by atoms with Crippen LogP contribution in [0.4, 0.5) is 4.39 Å². The molecule has 0 saturated heterocycles. The number of hydrogen-bond donors (Lipinski definition) is 0. The summed E-state index contributed by atoms with van der Waals surface area (Å²) < 4.78 is 53.1. The van der Waals surface area contributed by atoms with E-state index in [0.717, 1.165) is 23.2 Å². The fourth-order valence-electron chi connectivity index (χ4n) is 2.29. The number of rotatable bonds is 7. The standard InChI is InChI=1S/C18H17FN2O4S2/c1-12-3-6-14(7-4-12)25-10-17-20-18(26-21-17)27(22,23)11-13-5-8-16(24-2)15(19)9-13/h3-9H,10-11H2,1-2H3. The molecule has 0 radical (unpaired) electrons. The van der Waals surface area contributed by atoms with Crippen molar-refractivity contribution >= 4 is 21.4 Å². The second-order valence-electron chi connectivity index (χ2n) is 5.81. The van der Waals surface area contributed by atoms with Crippen LogP contribution in [0.3, 0.4) is 0 Å². The van der Waals surface area contributed by atoms with Crippen LogP contribution < -0.4 is 9.47 Å². The lowest BCUT2D eigenvalue weighted by atomic mass is 10.2. The quantitative estimate of drug-likeness (QED) is 0.595. The van der Waals surface area contributed by atoms with Crippen molar-refractivity contribution in [3.05, 3.63) is 65.2 Å². The molecule has 2 aromatic carbocycles. The zero-order chi connectivity index (χ0) is 19.4. The van der Waals surface area contributed by atoms with Crippen molar-refractivity contribution in [3.63, 3.8) is 0 Å². The number of ether oxygens (including phenoxy) is 2. The summed E-state index contributed by atoms with van der Waals surface area (Å²) in [6.07, 6.45) is 0. The predicted octanol–water partition coefficient (Wildman–Crippen LogP) is 3.55. The van der Waals surface area contributed by atoms with Crippen LogP contribution >= 0.6 is 11.5 Å². The van der Waals surface area contributed by atoms with Crippen LogP contribution in [0.25, 0.3) is 0 Å². The Bertz CT molecular complexity index is 1030. The van der Waals surface area contributed by atoms with E-state index in [2.05, 4.69) is 9.36 Å². The normalized spacial score (nSPS) is 11.4. The molecule has 0 N–H and O–H groups in total. The molecule has 0 aliphatic carbocycles. The average molecular weight is 408 g/mol. The van der Waals surface area contributed by atoms with Crippen LogP contribution in [-0.4, -0.2) is 24.9 Å². The molecule has 3 rings (SSSR count). The largest absolute Gasteiger partial charge is 0.494 e. The number of methoxy groups -OCH3 is 1. The molecule has 1 aromatic heterocycles. The Morgan fingerprint density at radius 2 is 1.89 bits per heavy atom. The van der Waals surface area contributed by atoms with Crippen molar-refractivity contribution in [2.24, 2.45) is 0 Å². The molecule has 0 saturated carbocycles. The van der Waals surface area contributed by atoms with Gasteiger partial charge >= 0.3 is 0 Å². The van der Waals surface area contributed by atoms with Crippen LogP contribution in [-0.2, 0) is 22.2 Å². The Morgan fingerprint density at radius 3 is 2.56 bits per heavy atom. The Morgan fingerprint density at radius 1 is 1.15 bits per heavy atom. The van der Waals surface area contributed by atoms with Crippen molar-refractivity contribution in [1.82, 2.24) is 9.36 Å². The van der Waals surface area contributed by atoms with Gasteiger partial charge in [0.25, 0.3) is 0 Å². The molecule has 0 unspecified atom stereocenters. The molecular formula is C18H17FN2O4S2. The van der Waals surface area contributed by atoms with Crippen molar-refractivity contribution in [1.29, 1.82) is 0 Å². The molecule has 142 valence electrons. The first kappa shape index (κ1) is 19.2. The SMILES string of the molecule is COc1ccc(CS(=O)(=O)c2nc(COc3ccc(C)cc3)ns2)cc1F. The van der Waals surface area contributed by atoms with E-state index in [1.165, 1.54) is 19.2 Å². The molecule has 9 heteroatoms. The maximum absolute atomic E-state index is 13.8. The Labute approximate surface area is 160 Å². The van der Waals surface area contributed by atoms with Gasteiger partial charge in [-0.1, -0.05) is 23.8 Å². The minimum absolute atomic E-state index is 0.0580. The molecule has 1 heterocycles. The molecule has 0 aliphatic heterocycles. The minimum Gasteiger partial charge on any atom is -0.494 e. The van der Waals surface area contributed by atoms with Gasteiger partial charge in [0, 0.05) is 0 Å². The monoisotopic (exact) mass is 408 g/mol. The Balaban J connectivity index is 1.68. The number of sulfone groups is 1. The summed E-state index contributed by atoms with van der Waals surface area (Å²) in [5.74, 6) is -0.00713. The minimum atomic E-state index is -3.74. The van der Waals surface area contributed by atoms with Crippen LogP contribution in [0, 0.1) is 12.7 Å². The van der Waals surface area contributed by atoms with E-state index in [1.807, 2.05) is 31.2 Å². The van der Waals surface area contributed by atoms with E-state index in [4.69, 9.17) is 9.47 Å². The third kappa shape index (κ3) is 4.81. The zero-order valence-corrected chi connectivity index (χ0v) is 16.3. The summed E-state index contributed by atoms with van der Waals surface area (Å²) in [5, 5.41) is 0. The van der Waals surface area contributed by atoms with Gasteiger partial charge in [-0.3, -0.25) is 0 Å². The molecule has 27 heavy (non-hydrogen) atoms. The number of aromatic nitrogens is 2. The van der Waals surface area contributed by atoms with Gasteiger partial charge in [0.05, 0.1) is 12.9 Å². The van der Waals surface area contributed by atoms with Gasteiger partial charge < -0.3 is 9.47 Å². The van der Waals surface area contributed by atoms with Crippen LogP contribution in [0.15, 0.2) is 46.8 Å². The van der Waals surface area contributed by atoms with E-state index in [0.29, 0.717) is 11.3 Å². The molecule has 6 nitrogen and oxygen atoms in total. The van der Waals surface area contributed by atoms with Gasteiger partial charge in [-0.2, -0.15) is 4.37 Å². The first-order valence-corrected chi connectivity index (χ1v) is 10.4. The molecule has 0 fully saturated rings. The highest BCUT2D eigenvalue weighted by atomic mass is 32.2. The summed E-state index contributed by atoms with van der Waals surface area (Å²) in [4.78, 5) is 4.04. The summed E-state index contributed by atoms with van der Waals surface area (Å²) in [5.41, 5.74) is 1.42. The zero-order valence-electron chi connectivity index (χ0n) is 14.7. The van der Waals surface area contributed by atoms with Gasteiger partial charge in [-0.25, -0.2) is 17.8 Å². The predicted molar refractivity (Wildman–Crippen MR) is 99.3 cm³/mol. The topological polar surface area (TPSA) is 78.4 Å². The van der Waals surface area contributed by atoms with Crippen molar-refractivity contribution < 1.29 is 22.3 Å². The van der Waals surface area contributed by atoms with E-state index in [1.54, 1.807) is 0 Å². The Kier molecular flexibility index (Phi) is 5.71. The highest BCUT2D eigenvalue weighted by Crippen LogP contribution is 2.23. The first-order valence-electron chi connectivity index (χ1n) is 7.94. The van der Waals surface area contributed by atoms with Crippen LogP contribution in [0.1, 0.15) is 17.0 Å². The molecule has 0 amide bonds. The van der Waals surface area contributed by atoms with Gasteiger partial charge in [-0.05, 0) is 48.3 Å².